The first-order valence-electron chi connectivity index (χ1n) is 10.6. The molecule has 0 amide bonds. The third kappa shape index (κ3) is 4.53. The van der Waals surface area contributed by atoms with Crippen molar-refractivity contribution in [2.45, 2.75) is 31.2 Å². The maximum atomic E-state index is 12.8. The lowest BCUT2D eigenvalue weighted by Crippen LogP contribution is -2.38. The van der Waals surface area contributed by atoms with Gasteiger partial charge in [0.25, 0.3) is 5.56 Å². The van der Waals surface area contributed by atoms with Gasteiger partial charge in [-0.2, -0.15) is 0 Å². The smallest absolute Gasteiger partial charge is 0.331 e. The zero-order valence-corrected chi connectivity index (χ0v) is 19.2. The van der Waals surface area contributed by atoms with Gasteiger partial charge in [0.15, 0.2) is 0 Å². The normalized spacial score (nSPS) is 11.8. The molecule has 9 nitrogen and oxygen atoms in total. The van der Waals surface area contributed by atoms with Crippen molar-refractivity contribution in [2.24, 2.45) is 7.05 Å². The highest BCUT2D eigenvalue weighted by Crippen LogP contribution is 2.23. The Balaban J connectivity index is 1.57. The fourth-order valence-corrected chi connectivity index (χ4v) is 4.76. The van der Waals surface area contributed by atoms with E-state index in [1.54, 1.807) is 37.6 Å². The van der Waals surface area contributed by atoms with Crippen LogP contribution >= 0.6 is 0 Å². The molecule has 0 unspecified atom stereocenters. The van der Waals surface area contributed by atoms with E-state index in [9.17, 15) is 18.0 Å². The molecule has 4 rings (SSSR count). The maximum Gasteiger partial charge on any atom is 0.331 e. The van der Waals surface area contributed by atoms with E-state index in [4.69, 9.17) is 0 Å². The summed E-state index contributed by atoms with van der Waals surface area (Å²) in [5.74, 6) is 0. The Kier molecular flexibility index (Phi) is 6.30. The van der Waals surface area contributed by atoms with E-state index in [2.05, 4.69) is 14.7 Å². The number of aromatic nitrogens is 4. The summed E-state index contributed by atoms with van der Waals surface area (Å²) in [6, 6.07) is 11.8. The van der Waals surface area contributed by atoms with Crippen molar-refractivity contribution < 1.29 is 8.42 Å². The summed E-state index contributed by atoms with van der Waals surface area (Å²) in [6.07, 6.45) is 4.58. The number of H-pyrrole nitrogens is 1. The van der Waals surface area contributed by atoms with E-state index in [0.29, 0.717) is 41.7 Å². The maximum absolute atomic E-state index is 12.8. The minimum Gasteiger partial charge on any atom is -0.349 e. The zero-order chi connectivity index (χ0) is 23.6. The second kappa shape index (κ2) is 9.16. The predicted octanol–water partition coefficient (Wildman–Crippen LogP) is 2.02. The molecule has 0 saturated carbocycles. The van der Waals surface area contributed by atoms with Gasteiger partial charge in [-0.15, -0.1) is 0 Å². The summed E-state index contributed by atoms with van der Waals surface area (Å²) in [5.41, 5.74) is 2.39. The van der Waals surface area contributed by atoms with Crippen LogP contribution in [0.3, 0.4) is 0 Å². The van der Waals surface area contributed by atoms with Gasteiger partial charge in [-0.1, -0.05) is 25.1 Å². The van der Waals surface area contributed by atoms with Gasteiger partial charge in [-0.3, -0.25) is 18.9 Å². The van der Waals surface area contributed by atoms with Gasteiger partial charge in [0, 0.05) is 38.2 Å². The standard InChI is InChI=1S/C23H25N5O4S/c1-3-13-28-22(29)21-20(27(2)23(28)30)14-19(26-21)17-6-8-18(9-7-17)33(31,32)25-12-10-16-5-4-11-24-15-16/h4-9,11,14-15,25-26H,3,10,12-13H2,1-2H3. The molecule has 1 aromatic carbocycles. The highest BCUT2D eigenvalue weighted by atomic mass is 32.2. The second-order valence-corrected chi connectivity index (χ2v) is 9.54. The van der Waals surface area contributed by atoms with Crippen LogP contribution in [0.15, 0.2) is 69.3 Å². The Morgan fingerprint density at radius 1 is 1.12 bits per heavy atom. The fourth-order valence-electron chi connectivity index (χ4n) is 3.73. The van der Waals surface area contributed by atoms with Crippen molar-refractivity contribution in [3.05, 3.63) is 81.3 Å². The van der Waals surface area contributed by atoms with Crippen LogP contribution in [0.5, 0.6) is 0 Å². The van der Waals surface area contributed by atoms with Gasteiger partial charge in [0.2, 0.25) is 10.0 Å². The van der Waals surface area contributed by atoms with Crippen molar-refractivity contribution in [1.29, 1.82) is 0 Å². The number of benzene rings is 1. The molecule has 33 heavy (non-hydrogen) atoms. The van der Waals surface area contributed by atoms with E-state index in [1.165, 1.54) is 21.3 Å². The predicted molar refractivity (Wildman–Crippen MR) is 127 cm³/mol. The Labute approximate surface area is 190 Å². The lowest BCUT2D eigenvalue weighted by molar-refractivity contribution is 0.581. The van der Waals surface area contributed by atoms with Crippen LogP contribution in [0.4, 0.5) is 0 Å². The van der Waals surface area contributed by atoms with Crippen LogP contribution in [0.25, 0.3) is 22.3 Å². The van der Waals surface area contributed by atoms with E-state index in [1.807, 2.05) is 19.1 Å². The monoisotopic (exact) mass is 467 g/mol. The van der Waals surface area contributed by atoms with Crippen molar-refractivity contribution in [3.63, 3.8) is 0 Å². The number of nitrogens with one attached hydrogen (secondary N) is 2. The molecular weight excluding hydrogens is 442 g/mol. The quantitative estimate of drug-likeness (QED) is 0.411. The largest absolute Gasteiger partial charge is 0.349 e. The minimum absolute atomic E-state index is 0.145. The van der Waals surface area contributed by atoms with Crippen LogP contribution in [-0.4, -0.2) is 34.1 Å². The van der Waals surface area contributed by atoms with Crippen molar-refractivity contribution in [2.75, 3.05) is 6.54 Å². The van der Waals surface area contributed by atoms with Crippen LogP contribution in [-0.2, 0) is 30.0 Å². The van der Waals surface area contributed by atoms with E-state index in [-0.39, 0.29) is 22.7 Å². The summed E-state index contributed by atoms with van der Waals surface area (Å²) in [6.45, 7) is 2.51. The van der Waals surface area contributed by atoms with Gasteiger partial charge < -0.3 is 4.98 Å². The van der Waals surface area contributed by atoms with Crippen LogP contribution in [0.2, 0.25) is 0 Å². The molecule has 172 valence electrons. The van der Waals surface area contributed by atoms with Gasteiger partial charge in [0.1, 0.15) is 5.52 Å². The second-order valence-electron chi connectivity index (χ2n) is 7.78. The average Bonchev–Trinajstić information content (AvgIpc) is 3.27. The molecule has 0 saturated heterocycles. The molecule has 0 atom stereocenters. The van der Waals surface area contributed by atoms with Crippen LogP contribution in [0.1, 0.15) is 18.9 Å². The number of hydrogen-bond acceptors (Lipinski definition) is 5. The van der Waals surface area contributed by atoms with Gasteiger partial charge in [0.05, 0.1) is 10.4 Å². The number of nitrogens with zero attached hydrogens (tertiary/aromatic N) is 3. The summed E-state index contributed by atoms with van der Waals surface area (Å²) >= 11 is 0. The Morgan fingerprint density at radius 2 is 1.88 bits per heavy atom. The highest BCUT2D eigenvalue weighted by molar-refractivity contribution is 7.89. The van der Waals surface area contributed by atoms with Crippen molar-refractivity contribution >= 4 is 21.1 Å². The van der Waals surface area contributed by atoms with Gasteiger partial charge >= 0.3 is 5.69 Å². The third-order valence-corrected chi connectivity index (χ3v) is 6.96. The molecule has 0 radical (unpaired) electrons. The first kappa shape index (κ1) is 22.7. The number of pyridine rings is 1. The molecule has 0 aliphatic carbocycles. The van der Waals surface area contributed by atoms with E-state index in [0.717, 1.165) is 5.56 Å². The summed E-state index contributed by atoms with van der Waals surface area (Å²) in [4.78, 5) is 32.5. The molecule has 10 heteroatoms. The Bertz CT molecular complexity index is 1500. The number of aromatic amines is 1. The molecule has 2 N–H and O–H groups in total. The van der Waals surface area contributed by atoms with Crippen LogP contribution in [0, 0.1) is 0 Å². The van der Waals surface area contributed by atoms with Gasteiger partial charge in [-0.05, 0) is 48.2 Å². The topological polar surface area (TPSA) is 119 Å². The van der Waals surface area contributed by atoms with Crippen molar-refractivity contribution in [1.82, 2.24) is 23.8 Å². The molecule has 3 aromatic heterocycles. The average molecular weight is 468 g/mol. The first-order valence-corrected chi connectivity index (χ1v) is 12.1. The van der Waals surface area contributed by atoms with Gasteiger partial charge in [-0.25, -0.2) is 17.9 Å². The SMILES string of the molecule is CCCn1c(=O)c2[nH]c(-c3ccc(S(=O)(=O)NCCc4cccnc4)cc3)cc2n(C)c1=O. The molecular formula is C23H25N5O4S. The summed E-state index contributed by atoms with van der Waals surface area (Å²) in [7, 11) is -2.04. The fraction of sp³-hybridized carbons (Fsp3) is 0.261. The number of sulfonamides is 1. The Hall–Kier alpha value is -3.50. The van der Waals surface area contributed by atoms with Crippen LogP contribution < -0.4 is 16.0 Å². The number of aryl methyl sites for hydroxylation is 1. The lowest BCUT2D eigenvalue weighted by atomic mass is 10.1. The molecule has 0 bridgehead atoms. The minimum atomic E-state index is -3.66. The molecule has 4 aromatic rings. The zero-order valence-electron chi connectivity index (χ0n) is 18.4. The molecule has 0 fully saturated rings. The summed E-state index contributed by atoms with van der Waals surface area (Å²) < 4.78 is 30.5. The molecule has 0 aliphatic heterocycles. The van der Waals surface area contributed by atoms with E-state index < -0.39 is 10.0 Å². The molecule has 3 heterocycles. The number of hydrogen-bond donors (Lipinski definition) is 2. The van der Waals surface area contributed by atoms with E-state index >= 15 is 0 Å². The number of rotatable bonds is 8. The van der Waals surface area contributed by atoms with Crippen molar-refractivity contribution in [3.8, 4) is 11.3 Å². The third-order valence-electron chi connectivity index (χ3n) is 5.49. The highest BCUT2D eigenvalue weighted by Gasteiger charge is 2.16. The Morgan fingerprint density at radius 3 is 2.55 bits per heavy atom. The molecule has 0 aliphatic rings. The lowest BCUT2D eigenvalue weighted by Gasteiger charge is -2.07. The summed E-state index contributed by atoms with van der Waals surface area (Å²) in [5, 5.41) is 0. The number of fused-ring (bicyclic) bond motifs is 1. The molecule has 0 spiro atoms. The first-order chi connectivity index (χ1) is 15.8.